The summed E-state index contributed by atoms with van der Waals surface area (Å²) < 4.78 is 0. The SMILES string of the molecule is C#CCCCN1CC(c2ccccc2)NCC1C(C)C. The van der Waals surface area contributed by atoms with E-state index in [1.165, 1.54) is 5.56 Å². The van der Waals surface area contributed by atoms with Crippen LogP contribution in [0.25, 0.3) is 0 Å². The summed E-state index contributed by atoms with van der Waals surface area (Å²) in [5.41, 5.74) is 1.39. The summed E-state index contributed by atoms with van der Waals surface area (Å²) in [6.45, 7) is 7.87. The highest BCUT2D eigenvalue weighted by molar-refractivity contribution is 5.20. The number of terminal acetylenes is 1. The fourth-order valence-corrected chi connectivity index (χ4v) is 3.03. The van der Waals surface area contributed by atoms with Crippen molar-refractivity contribution in [3.05, 3.63) is 35.9 Å². The molecule has 108 valence electrons. The van der Waals surface area contributed by atoms with Crippen LogP contribution in [0.15, 0.2) is 30.3 Å². The first-order chi connectivity index (χ1) is 9.72. The third-order valence-electron chi connectivity index (χ3n) is 4.20. The van der Waals surface area contributed by atoms with Crippen LogP contribution in [-0.2, 0) is 0 Å². The van der Waals surface area contributed by atoms with E-state index in [0.717, 1.165) is 32.5 Å². The van der Waals surface area contributed by atoms with Gasteiger partial charge in [0.15, 0.2) is 0 Å². The highest BCUT2D eigenvalue weighted by Gasteiger charge is 2.29. The average Bonchev–Trinajstić information content (AvgIpc) is 2.48. The Kier molecular flexibility index (Phi) is 5.64. The molecule has 0 saturated carbocycles. The maximum absolute atomic E-state index is 5.38. The van der Waals surface area contributed by atoms with Gasteiger partial charge in [-0.25, -0.2) is 0 Å². The third-order valence-corrected chi connectivity index (χ3v) is 4.20. The van der Waals surface area contributed by atoms with E-state index in [2.05, 4.69) is 60.3 Å². The standard InChI is InChI=1S/C18H26N2/c1-4-5-9-12-20-14-17(16-10-7-6-8-11-16)19-13-18(20)15(2)3/h1,6-8,10-11,15,17-19H,5,9,12-14H2,2-3H3. The predicted molar refractivity (Wildman–Crippen MR) is 85.5 cm³/mol. The summed E-state index contributed by atoms with van der Waals surface area (Å²) in [5, 5.41) is 3.71. The molecule has 1 aromatic carbocycles. The van der Waals surface area contributed by atoms with E-state index in [0.29, 0.717) is 18.0 Å². The fourth-order valence-electron chi connectivity index (χ4n) is 3.03. The lowest BCUT2D eigenvalue weighted by Crippen LogP contribution is -2.54. The summed E-state index contributed by atoms with van der Waals surface area (Å²) in [7, 11) is 0. The molecule has 1 aromatic rings. The largest absolute Gasteiger partial charge is 0.307 e. The zero-order chi connectivity index (χ0) is 14.4. The van der Waals surface area contributed by atoms with Crippen molar-refractivity contribution in [2.45, 2.75) is 38.8 Å². The molecule has 2 nitrogen and oxygen atoms in total. The van der Waals surface area contributed by atoms with Crippen LogP contribution in [0, 0.1) is 18.3 Å². The van der Waals surface area contributed by atoms with Crippen molar-refractivity contribution < 1.29 is 0 Å². The van der Waals surface area contributed by atoms with Crippen molar-refractivity contribution in [2.75, 3.05) is 19.6 Å². The van der Waals surface area contributed by atoms with Gasteiger partial charge in [-0.15, -0.1) is 12.3 Å². The molecule has 0 spiro atoms. The molecule has 1 fully saturated rings. The molecule has 1 N–H and O–H groups in total. The lowest BCUT2D eigenvalue weighted by Gasteiger charge is -2.42. The van der Waals surface area contributed by atoms with Crippen LogP contribution < -0.4 is 5.32 Å². The first kappa shape index (κ1) is 15.1. The molecule has 2 unspecified atom stereocenters. The van der Waals surface area contributed by atoms with E-state index >= 15 is 0 Å². The van der Waals surface area contributed by atoms with Gasteiger partial charge in [0.2, 0.25) is 0 Å². The lowest BCUT2D eigenvalue weighted by atomic mass is 9.95. The second kappa shape index (κ2) is 7.47. The van der Waals surface area contributed by atoms with Crippen LogP contribution in [0.3, 0.4) is 0 Å². The van der Waals surface area contributed by atoms with Crippen LogP contribution in [0.1, 0.15) is 38.3 Å². The van der Waals surface area contributed by atoms with Gasteiger partial charge in [-0.1, -0.05) is 44.2 Å². The van der Waals surface area contributed by atoms with Crippen molar-refractivity contribution in [2.24, 2.45) is 5.92 Å². The van der Waals surface area contributed by atoms with Crippen molar-refractivity contribution in [1.82, 2.24) is 10.2 Å². The highest BCUT2D eigenvalue weighted by Crippen LogP contribution is 2.23. The van der Waals surface area contributed by atoms with E-state index in [1.54, 1.807) is 0 Å². The number of piperazine rings is 1. The van der Waals surface area contributed by atoms with E-state index in [1.807, 2.05) is 0 Å². The highest BCUT2D eigenvalue weighted by atomic mass is 15.2. The number of rotatable bonds is 5. The van der Waals surface area contributed by atoms with Gasteiger partial charge in [0.05, 0.1) is 0 Å². The number of unbranched alkanes of at least 4 members (excludes halogenated alkanes) is 1. The molecule has 2 atom stereocenters. The summed E-state index contributed by atoms with van der Waals surface area (Å²) >= 11 is 0. The molecule has 1 saturated heterocycles. The summed E-state index contributed by atoms with van der Waals surface area (Å²) in [6.07, 6.45) is 7.35. The fraction of sp³-hybridized carbons (Fsp3) is 0.556. The molecule has 2 rings (SSSR count). The van der Waals surface area contributed by atoms with Gasteiger partial charge in [0, 0.05) is 31.6 Å². The number of nitrogens with one attached hydrogen (secondary N) is 1. The topological polar surface area (TPSA) is 15.3 Å². The Morgan fingerprint density at radius 3 is 2.75 bits per heavy atom. The predicted octanol–water partition coefficient (Wildman–Crippen LogP) is 3.07. The van der Waals surface area contributed by atoms with E-state index in [9.17, 15) is 0 Å². The van der Waals surface area contributed by atoms with Gasteiger partial charge in [0.25, 0.3) is 0 Å². The van der Waals surface area contributed by atoms with Crippen molar-refractivity contribution in [1.29, 1.82) is 0 Å². The van der Waals surface area contributed by atoms with E-state index < -0.39 is 0 Å². The first-order valence-electron chi connectivity index (χ1n) is 7.68. The maximum atomic E-state index is 5.38. The number of benzene rings is 1. The number of hydrogen-bond acceptors (Lipinski definition) is 2. The van der Waals surface area contributed by atoms with Crippen LogP contribution >= 0.6 is 0 Å². The lowest BCUT2D eigenvalue weighted by molar-refractivity contribution is 0.0976. The van der Waals surface area contributed by atoms with Crippen LogP contribution in [-0.4, -0.2) is 30.6 Å². The van der Waals surface area contributed by atoms with E-state index in [4.69, 9.17) is 6.42 Å². The van der Waals surface area contributed by atoms with Gasteiger partial charge < -0.3 is 5.32 Å². The molecule has 2 heteroatoms. The molecule has 1 heterocycles. The minimum atomic E-state index is 0.442. The van der Waals surface area contributed by atoms with Gasteiger partial charge in [-0.2, -0.15) is 0 Å². The average molecular weight is 270 g/mol. The number of nitrogens with zero attached hydrogens (tertiary/aromatic N) is 1. The molecule has 0 amide bonds. The molecule has 0 bridgehead atoms. The Bertz CT molecular complexity index is 432. The summed E-state index contributed by atoms with van der Waals surface area (Å²) in [5.74, 6) is 3.42. The van der Waals surface area contributed by atoms with Gasteiger partial charge in [0.1, 0.15) is 0 Å². The minimum Gasteiger partial charge on any atom is -0.307 e. The Balaban J connectivity index is 2.02. The van der Waals surface area contributed by atoms with Gasteiger partial charge >= 0.3 is 0 Å². The van der Waals surface area contributed by atoms with Crippen LogP contribution in [0.2, 0.25) is 0 Å². The third kappa shape index (κ3) is 3.85. The van der Waals surface area contributed by atoms with E-state index in [-0.39, 0.29) is 0 Å². The molecule has 0 radical (unpaired) electrons. The zero-order valence-electron chi connectivity index (χ0n) is 12.7. The normalized spacial score (nSPS) is 23.7. The molecular weight excluding hydrogens is 244 g/mol. The molecular formula is C18H26N2. The first-order valence-corrected chi connectivity index (χ1v) is 7.68. The Hall–Kier alpha value is -1.30. The Morgan fingerprint density at radius 2 is 2.10 bits per heavy atom. The monoisotopic (exact) mass is 270 g/mol. The Labute approximate surface area is 123 Å². The van der Waals surface area contributed by atoms with Crippen molar-refractivity contribution in [3.63, 3.8) is 0 Å². The Morgan fingerprint density at radius 1 is 1.35 bits per heavy atom. The molecule has 20 heavy (non-hydrogen) atoms. The second-order valence-corrected chi connectivity index (χ2v) is 5.99. The van der Waals surface area contributed by atoms with Gasteiger partial charge in [-0.05, 0) is 24.4 Å². The summed E-state index contributed by atoms with van der Waals surface area (Å²) in [4.78, 5) is 2.62. The number of hydrogen-bond donors (Lipinski definition) is 1. The molecule has 0 aliphatic carbocycles. The summed E-state index contributed by atoms with van der Waals surface area (Å²) in [6, 6.07) is 11.8. The molecule has 0 aromatic heterocycles. The van der Waals surface area contributed by atoms with Gasteiger partial charge in [-0.3, -0.25) is 4.90 Å². The second-order valence-electron chi connectivity index (χ2n) is 5.99. The quantitative estimate of drug-likeness (QED) is 0.653. The van der Waals surface area contributed by atoms with Crippen LogP contribution in [0.4, 0.5) is 0 Å². The molecule has 1 aliphatic rings. The molecule has 1 aliphatic heterocycles. The van der Waals surface area contributed by atoms with Crippen molar-refractivity contribution >= 4 is 0 Å². The zero-order valence-corrected chi connectivity index (χ0v) is 12.7. The van der Waals surface area contributed by atoms with Crippen molar-refractivity contribution in [3.8, 4) is 12.3 Å². The minimum absolute atomic E-state index is 0.442. The smallest absolute Gasteiger partial charge is 0.0449 e. The van der Waals surface area contributed by atoms with Crippen LogP contribution in [0.5, 0.6) is 0 Å². The maximum Gasteiger partial charge on any atom is 0.0449 e.